The van der Waals surface area contributed by atoms with Crippen LogP contribution in [0.25, 0.3) is 10.2 Å². The molecular weight excluding hydrogens is 294 g/mol. The lowest BCUT2D eigenvalue weighted by molar-refractivity contribution is -0.143. The molecule has 21 heavy (non-hydrogen) atoms. The molecule has 0 bridgehead atoms. The standard InChI is InChI=1S/C13H13N3O4S/c1-6-7-9(17)15-5-16-11(7)21-8(6)10(18)14-4-13(2-3-13)12(19)20/h5H,2-4H2,1H3,(H,14,18)(H,19,20)(H,15,16,17). The van der Waals surface area contributed by atoms with E-state index in [9.17, 15) is 14.4 Å². The van der Waals surface area contributed by atoms with E-state index in [2.05, 4.69) is 15.3 Å². The second-order valence-electron chi connectivity index (χ2n) is 5.24. The van der Waals surface area contributed by atoms with Crippen molar-refractivity contribution in [2.75, 3.05) is 6.54 Å². The summed E-state index contributed by atoms with van der Waals surface area (Å²) in [6.45, 7) is 1.80. The molecule has 0 saturated heterocycles. The summed E-state index contributed by atoms with van der Waals surface area (Å²) in [7, 11) is 0. The lowest BCUT2D eigenvalue weighted by Crippen LogP contribution is -2.34. The Bertz CT molecular complexity index is 803. The van der Waals surface area contributed by atoms with E-state index < -0.39 is 11.4 Å². The van der Waals surface area contributed by atoms with Crippen molar-refractivity contribution in [3.63, 3.8) is 0 Å². The average molecular weight is 307 g/mol. The molecule has 1 aliphatic carbocycles. The normalized spacial score (nSPS) is 15.9. The maximum absolute atomic E-state index is 12.2. The first-order valence-electron chi connectivity index (χ1n) is 6.43. The van der Waals surface area contributed by atoms with Gasteiger partial charge >= 0.3 is 5.97 Å². The van der Waals surface area contributed by atoms with Gasteiger partial charge in [0.25, 0.3) is 11.5 Å². The van der Waals surface area contributed by atoms with Crippen molar-refractivity contribution in [3.05, 3.63) is 27.1 Å². The Kier molecular flexibility index (Phi) is 3.05. The van der Waals surface area contributed by atoms with Gasteiger partial charge in [0.1, 0.15) is 4.83 Å². The summed E-state index contributed by atoms with van der Waals surface area (Å²) in [6.07, 6.45) is 2.45. The largest absolute Gasteiger partial charge is 0.481 e. The maximum atomic E-state index is 12.2. The van der Waals surface area contributed by atoms with Gasteiger partial charge in [0.05, 0.1) is 22.0 Å². The van der Waals surface area contributed by atoms with E-state index in [0.717, 1.165) is 11.3 Å². The van der Waals surface area contributed by atoms with Crippen LogP contribution in [0.1, 0.15) is 28.1 Å². The van der Waals surface area contributed by atoms with E-state index >= 15 is 0 Å². The molecule has 0 aliphatic heterocycles. The number of nitrogens with one attached hydrogen (secondary N) is 2. The monoisotopic (exact) mass is 307 g/mol. The summed E-state index contributed by atoms with van der Waals surface area (Å²) in [5, 5.41) is 12.2. The molecule has 1 aliphatic rings. The molecule has 2 aromatic rings. The number of H-pyrrole nitrogens is 1. The first-order valence-corrected chi connectivity index (χ1v) is 7.25. The van der Waals surface area contributed by atoms with E-state index in [1.165, 1.54) is 6.33 Å². The van der Waals surface area contributed by atoms with Crippen molar-refractivity contribution in [3.8, 4) is 0 Å². The zero-order valence-electron chi connectivity index (χ0n) is 11.2. The second kappa shape index (κ2) is 4.66. The van der Waals surface area contributed by atoms with Crippen molar-refractivity contribution < 1.29 is 14.7 Å². The molecular formula is C13H13N3O4S. The van der Waals surface area contributed by atoms with Crippen molar-refractivity contribution in [1.29, 1.82) is 0 Å². The number of hydrogen-bond donors (Lipinski definition) is 3. The van der Waals surface area contributed by atoms with Gasteiger partial charge in [-0.3, -0.25) is 14.4 Å². The minimum atomic E-state index is -0.881. The predicted molar refractivity (Wildman–Crippen MR) is 76.6 cm³/mol. The molecule has 1 saturated carbocycles. The van der Waals surface area contributed by atoms with E-state index in [4.69, 9.17) is 5.11 Å². The SMILES string of the molecule is Cc1c(C(=O)NCC2(C(=O)O)CC2)sc2nc[nH]c(=O)c12. The highest BCUT2D eigenvalue weighted by Crippen LogP contribution is 2.45. The fourth-order valence-corrected chi connectivity index (χ4v) is 3.31. The Morgan fingerprint density at radius 3 is 2.81 bits per heavy atom. The lowest BCUT2D eigenvalue weighted by atomic mass is 10.1. The summed E-state index contributed by atoms with van der Waals surface area (Å²) in [5.41, 5.74) is -0.519. The molecule has 0 atom stereocenters. The Balaban J connectivity index is 1.86. The highest BCUT2D eigenvalue weighted by molar-refractivity contribution is 7.20. The summed E-state index contributed by atoms with van der Waals surface area (Å²) in [6, 6.07) is 0. The molecule has 3 rings (SSSR count). The number of aromatic nitrogens is 2. The fraction of sp³-hybridized carbons (Fsp3) is 0.385. The Hall–Kier alpha value is -2.22. The van der Waals surface area contributed by atoms with Gasteiger partial charge in [-0.1, -0.05) is 0 Å². The third kappa shape index (κ3) is 2.21. The number of aliphatic carboxylic acids is 1. The van der Waals surface area contributed by atoms with Gasteiger partial charge in [-0.15, -0.1) is 11.3 Å². The molecule has 0 unspecified atom stereocenters. The molecule has 3 N–H and O–H groups in total. The van der Waals surface area contributed by atoms with Crippen molar-refractivity contribution in [2.24, 2.45) is 5.41 Å². The summed E-state index contributed by atoms with van der Waals surface area (Å²) < 4.78 is 0. The fourth-order valence-electron chi connectivity index (χ4n) is 2.24. The van der Waals surface area contributed by atoms with Crippen LogP contribution in [0.15, 0.2) is 11.1 Å². The number of carbonyl (C=O) groups excluding carboxylic acids is 1. The van der Waals surface area contributed by atoms with Gasteiger partial charge in [0, 0.05) is 6.54 Å². The number of aromatic amines is 1. The van der Waals surface area contributed by atoms with E-state index in [-0.39, 0.29) is 18.0 Å². The third-order valence-corrected chi connectivity index (χ3v) is 5.03. The molecule has 2 aromatic heterocycles. The molecule has 0 radical (unpaired) electrons. The zero-order valence-corrected chi connectivity index (χ0v) is 12.0. The summed E-state index contributed by atoms with van der Waals surface area (Å²) >= 11 is 1.13. The second-order valence-corrected chi connectivity index (χ2v) is 6.24. The van der Waals surface area contributed by atoms with Gasteiger partial charge in [0.2, 0.25) is 0 Å². The number of amides is 1. The number of hydrogen-bond acceptors (Lipinski definition) is 5. The van der Waals surface area contributed by atoms with Crippen LogP contribution in [0.5, 0.6) is 0 Å². The van der Waals surface area contributed by atoms with E-state index in [1.54, 1.807) is 6.92 Å². The van der Waals surface area contributed by atoms with Gasteiger partial charge in [-0.2, -0.15) is 0 Å². The molecule has 1 fully saturated rings. The third-order valence-electron chi connectivity index (χ3n) is 3.83. The number of fused-ring (bicyclic) bond motifs is 1. The van der Waals surface area contributed by atoms with Gasteiger partial charge in [-0.05, 0) is 25.3 Å². The maximum Gasteiger partial charge on any atom is 0.311 e. The topological polar surface area (TPSA) is 112 Å². The van der Waals surface area contributed by atoms with Crippen molar-refractivity contribution >= 4 is 33.4 Å². The Morgan fingerprint density at radius 1 is 1.52 bits per heavy atom. The van der Waals surface area contributed by atoms with Gasteiger partial charge < -0.3 is 15.4 Å². The molecule has 0 spiro atoms. The highest BCUT2D eigenvalue weighted by atomic mass is 32.1. The zero-order chi connectivity index (χ0) is 15.2. The van der Waals surface area contributed by atoms with Crippen LogP contribution in [0.2, 0.25) is 0 Å². The van der Waals surface area contributed by atoms with Crippen LogP contribution in [0, 0.1) is 12.3 Å². The molecule has 2 heterocycles. The quantitative estimate of drug-likeness (QED) is 0.776. The van der Waals surface area contributed by atoms with Crippen molar-refractivity contribution in [1.82, 2.24) is 15.3 Å². The number of carbonyl (C=O) groups is 2. The summed E-state index contributed by atoms with van der Waals surface area (Å²) in [4.78, 5) is 42.5. The summed E-state index contributed by atoms with van der Waals surface area (Å²) in [5.74, 6) is -1.24. The highest BCUT2D eigenvalue weighted by Gasteiger charge is 2.50. The molecule has 7 nitrogen and oxygen atoms in total. The minimum absolute atomic E-state index is 0.110. The van der Waals surface area contributed by atoms with Crippen LogP contribution in [-0.2, 0) is 4.79 Å². The average Bonchev–Trinajstić information content (AvgIpc) is 3.16. The number of nitrogens with zero attached hydrogens (tertiary/aromatic N) is 1. The van der Waals surface area contributed by atoms with Crippen LogP contribution in [0.3, 0.4) is 0 Å². The number of aryl methyl sites for hydroxylation is 1. The molecule has 0 aromatic carbocycles. The van der Waals surface area contributed by atoms with Crippen molar-refractivity contribution in [2.45, 2.75) is 19.8 Å². The molecule has 110 valence electrons. The molecule has 1 amide bonds. The number of thiophene rings is 1. The van der Waals surface area contributed by atoms with Crippen LogP contribution >= 0.6 is 11.3 Å². The van der Waals surface area contributed by atoms with E-state index in [0.29, 0.717) is 33.5 Å². The first kappa shape index (κ1) is 13.7. The van der Waals surface area contributed by atoms with Crippen LogP contribution in [0.4, 0.5) is 0 Å². The molecule has 8 heteroatoms. The smallest absolute Gasteiger partial charge is 0.311 e. The van der Waals surface area contributed by atoms with E-state index in [1.807, 2.05) is 0 Å². The first-order chi connectivity index (χ1) is 9.94. The predicted octanol–water partition coefficient (Wildman–Crippen LogP) is 0.888. The van der Waals surface area contributed by atoms with Crippen LogP contribution in [-0.4, -0.2) is 33.5 Å². The van der Waals surface area contributed by atoms with Gasteiger partial charge in [-0.25, -0.2) is 4.98 Å². The van der Waals surface area contributed by atoms with Gasteiger partial charge in [0.15, 0.2) is 0 Å². The number of rotatable bonds is 4. The minimum Gasteiger partial charge on any atom is -0.481 e. The van der Waals surface area contributed by atoms with Crippen LogP contribution < -0.4 is 10.9 Å². The Labute approximate surface area is 123 Å². The Morgan fingerprint density at radius 2 is 2.24 bits per heavy atom. The lowest BCUT2D eigenvalue weighted by Gasteiger charge is -2.10. The number of carboxylic acids is 1. The number of carboxylic acid groups (broad SMARTS) is 1.